The standard InChI is InChI=1S/C15H24N2O2S/c1-12(2)10-14-4-6-15(7-5-14)20(18,19)17-9-8-16-13(3)11-17/h4-7,12-13,16H,8-11H2,1-3H3/t13-/m0/s1. The number of hydrogen-bond donors (Lipinski definition) is 1. The van der Waals surface area contributed by atoms with Crippen molar-refractivity contribution in [2.24, 2.45) is 5.92 Å². The van der Waals surface area contributed by atoms with Crippen LogP contribution in [0.4, 0.5) is 0 Å². The number of nitrogens with zero attached hydrogens (tertiary/aromatic N) is 1. The second-order valence-electron chi connectivity index (χ2n) is 5.96. The first kappa shape index (κ1) is 15.5. The van der Waals surface area contributed by atoms with Gasteiger partial charge in [-0.05, 0) is 37.0 Å². The van der Waals surface area contributed by atoms with Gasteiger partial charge >= 0.3 is 0 Å². The van der Waals surface area contributed by atoms with Crippen molar-refractivity contribution >= 4 is 10.0 Å². The van der Waals surface area contributed by atoms with Crippen LogP contribution in [-0.2, 0) is 16.4 Å². The van der Waals surface area contributed by atoms with Crippen LogP contribution in [0.15, 0.2) is 29.2 Å². The normalized spacial score (nSPS) is 21.3. The maximum absolute atomic E-state index is 12.6. The van der Waals surface area contributed by atoms with E-state index in [2.05, 4.69) is 19.2 Å². The zero-order valence-electron chi connectivity index (χ0n) is 12.5. The largest absolute Gasteiger partial charge is 0.312 e. The molecule has 0 radical (unpaired) electrons. The Balaban J connectivity index is 2.17. The summed E-state index contributed by atoms with van der Waals surface area (Å²) in [7, 11) is -3.35. The number of benzene rings is 1. The predicted molar refractivity (Wildman–Crippen MR) is 81.2 cm³/mol. The van der Waals surface area contributed by atoms with Crippen molar-refractivity contribution in [3.63, 3.8) is 0 Å². The molecule has 2 rings (SSSR count). The van der Waals surface area contributed by atoms with Gasteiger partial charge in [0.15, 0.2) is 0 Å². The lowest BCUT2D eigenvalue weighted by molar-refractivity contribution is 0.310. The van der Waals surface area contributed by atoms with E-state index in [0.717, 1.165) is 6.42 Å². The minimum absolute atomic E-state index is 0.207. The molecular weight excluding hydrogens is 272 g/mol. The molecule has 1 saturated heterocycles. The number of nitrogens with one attached hydrogen (secondary N) is 1. The number of sulfonamides is 1. The maximum Gasteiger partial charge on any atom is 0.243 e. The summed E-state index contributed by atoms with van der Waals surface area (Å²) < 4.78 is 26.7. The molecule has 0 aromatic heterocycles. The van der Waals surface area contributed by atoms with E-state index < -0.39 is 10.0 Å². The summed E-state index contributed by atoms with van der Waals surface area (Å²) in [5, 5.41) is 3.26. The van der Waals surface area contributed by atoms with Crippen molar-refractivity contribution in [1.29, 1.82) is 0 Å². The molecule has 1 atom stereocenters. The van der Waals surface area contributed by atoms with E-state index in [4.69, 9.17) is 0 Å². The molecule has 1 aliphatic rings. The zero-order valence-corrected chi connectivity index (χ0v) is 13.3. The minimum Gasteiger partial charge on any atom is -0.312 e. The Hall–Kier alpha value is -0.910. The molecule has 4 nitrogen and oxygen atoms in total. The summed E-state index contributed by atoms with van der Waals surface area (Å²) in [6, 6.07) is 7.54. The van der Waals surface area contributed by atoms with E-state index >= 15 is 0 Å². The molecule has 1 N–H and O–H groups in total. The third-order valence-electron chi connectivity index (χ3n) is 3.54. The first-order chi connectivity index (χ1) is 9.39. The predicted octanol–water partition coefficient (Wildman–Crippen LogP) is 1.87. The van der Waals surface area contributed by atoms with Crippen LogP contribution in [0.25, 0.3) is 0 Å². The Morgan fingerprint density at radius 1 is 1.30 bits per heavy atom. The van der Waals surface area contributed by atoms with E-state index in [1.54, 1.807) is 16.4 Å². The Bertz CT molecular complexity index is 537. The van der Waals surface area contributed by atoms with E-state index in [1.807, 2.05) is 19.1 Å². The average Bonchev–Trinajstić information content (AvgIpc) is 2.38. The van der Waals surface area contributed by atoms with Gasteiger partial charge in [0.25, 0.3) is 0 Å². The van der Waals surface area contributed by atoms with Crippen LogP contribution in [0, 0.1) is 5.92 Å². The summed E-state index contributed by atoms with van der Waals surface area (Å²) in [5.41, 5.74) is 1.19. The lowest BCUT2D eigenvalue weighted by Gasteiger charge is -2.31. The van der Waals surface area contributed by atoms with E-state index in [1.165, 1.54) is 5.56 Å². The Morgan fingerprint density at radius 2 is 1.95 bits per heavy atom. The van der Waals surface area contributed by atoms with Gasteiger partial charge in [0.1, 0.15) is 0 Å². The quantitative estimate of drug-likeness (QED) is 0.923. The number of piperazine rings is 1. The van der Waals surface area contributed by atoms with Crippen LogP contribution in [0.2, 0.25) is 0 Å². The molecule has 5 heteroatoms. The molecule has 0 amide bonds. The van der Waals surface area contributed by atoms with Crippen LogP contribution in [0.1, 0.15) is 26.3 Å². The van der Waals surface area contributed by atoms with Crippen LogP contribution in [-0.4, -0.2) is 38.4 Å². The van der Waals surface area contributed by atoms with Crippen molar-refractivity contribution in [2.75, 3.05) is 19.6 Å². The first-order valence-corrected chi connectivity index (χ1v) is 8.66. The van der Waals surface area contributed by atoms with Crippen molar-refractivity contribution < 1.29 is 8.42 Å². The molecular formula is C15H24N2O2S. The fourth-order valence-corrected chi connectivity index (χ4v) is 4.06. The molecule has 1 aromatic carbocycles. The topological polar surface area (TPSA) is 49.4 Å². The van der Waals surface area contributed by atoms with Gasteiger partial charge in [-0.1, -0.05) is 26.0 Å². The van der Waals surface area contributed by atoms with Gasteiger partial charge < -0.3 is 5.32 Å². The fraction of sp³-hybridized carbons (Fsp3) is 0.600. The molecule has 0 aliphatic carbocycles. The molecule has 1 heterocycles. The third kappa shape index (κ3) is 3.59. The molecule has 1 fully saturated rings. The third-order valence-corrected chi connectivity index (χ3v) is 5.42. The van der Waals surface area contributed by atoms with Crippen LogP contribution < -0.4 is 5.32 Å². The lowest BCUT2D eigenvalue weighted by atomic mass is 10.0. The van der Waals surface area contributed by atoms with Crippen molar-refractivity contribution in [1.82, 2.24) is 9.62 Å². The van der Waals surface area contributed by atoms with Crippen LogP contribution in [0.5, 0.6) is 0 Å². The summed E-state index contributed by atoms with van der Waals surface area (Å²) >= 11 is 0. The summed E-state index contributed by atoms with van der Waals surface area (Å²) in [6.45, 7) is 8.12. The van der Waals surface area contributed by atoms with Gasteiger partial charge in [-0.25, -0.2) is 8.42 Å². The molecule has 112 valence electrons. The van der Waals surface area contributed by atoms with Crippen molar-refractivity contribution in [3.05, 3.63) is 29.8 Å². The molecule has 1 aliphatic heterocycles. The van der Waals surface area contributed by atoms with Crippen LogP contribution in [0.3, 0.4) is 0 Å². The number of rotatable bonds is 4. The monoisotopic (exact) mass is 296 g/mol. The highest BCUT2D eigenvalue weighted by molar-refractivity contribution is 7.89. The van der Waals surface area contributed by atoms with E-state index in [0.29, 0.717) is 30.4 Å². The van der Waals surface area contributed by atoms with Gasteiger partial charge in [-0.2, -0.15) is 4.31 Å². The minimum atomic E-state index is -3.35. The SMILES string of the molecule is CC(C)Cc1ccc(S(=O)(=O)N2CCN[C@@H](C)C2)cc1. The first-order valence-electron chi connectivity index (χ1n) is 7.22. The lowest BCUT2D eigenvalue weighted by Crippen LogP contribution is -2.51. The second kappa shape index (κ2) is 6.24. The Labute approximate surface area is 122 Å². The van der Waals surface area contributed by atoms with Gasteiger partial charge in [-0.15, -0.1) is 0 Å². The smallest absolute Gasteiger partial charge is 0.243 e. The summed E-state index contributed by atoms with van der Waals surface area (Å²) in [5.74, 6) is 0.575. The fourth-order valence-electron chi connectivity index (χ4n) is 2.53. The van der Waals surface area contributed by atoms with Gasteiger partial charge in [0.05, 0.1) is 4.90 Å². The maximum atomic E-state index is 12.6. The van der Waals surface area contributed by atoms with Crippen molar-refractivity contribution in [2.45, 2.75) is 38.1 Å². The van der Waals surface area contributed by atoms with E-state index in [-0.39, 0.29) is 6.04 Å². The summed E-state index contributed by atoms with van der Waals surface area (Å²) in [4.78, 5) is 0.402. The van der Waals surface area contributed by atoms with Crippen LogP contribution >= 0.6 is 0 Å². The highest BCUT2D eigenvalue weighted by Crippen LogP contribution is 2.19. The summed E-state index contributed by atoms with van der Waals surface area (Å²) in [6.07, 6.45) is 0.977. The molecule has 0 saturated carbocycles. The highest BCUT2D eigenvalue weighted by atomic mass is 32.2. The molecule has 1 aromatic rings. The molecule has 0 spiro atoms. The van der Waals surface area contributed by atoms with E-state index in [9.17, 15) is 8.42 Å². The van der Waals surface area contributed by atoms with Crippen molar-refractivity contribution in [3.8, 4) is 0 Å². The zero-order chi connectivity index (χ0) is 14.8. The molecule has 20 heavy (non-hydrogen) atoms. The van der Waals surface area contributed by atoms with Gasteiger partial charge in [-0.3, -0.25) is 0 Å². The van der Waals surface area contributed by atoms with Gasteiger partial charge in [0, 0.05) is 25.7 Å². The molecule has 0 unspecified atom stereocenters. The molecule has 0 bridgehead atoms. The second-order valence-corrected chi connectivity index (χ2v) is 7.90. The Kier molecular flexibility index (Phi) is 4.83. The highest BCUT2D eigenvalue weighted by Gasteiger charge is 2.28. The number of hydrogen-bond acceptors (Lipinski definition) is 3. The Morgan fingerprint density at radius 3 is 2.50 bits per heavy atom. The average molecular weight is 296 g/mol. The van der Waals surface area contributed by atoms with Gasteiger partial charge in [0.2, 0.25) is 10.0 Å².